The van der Waals surface area contributed by atoms with Crippen LogP contribution in [0, 0.1) is 6.92 Å². The van der Waals surface area contributed by atoms with E-state index >= 15 is 0 Å². The molecule has 0 saturated carbocycles. The van der Waals surface area contributed by atoms with Crippen LogP contribution in [0.2, 0.25) is 0 Å². The molecule has 0 aliphatic heterocycles. The molecule has 1 atom stereocenters. The van der Waals surface area contributed by atoms with Crippen LogP contribution in [-0.2, 0) is 6.42 Å². The van der Waals surface area contributed by atoms with Gasteiger partial charge < -0.3 is 10.6 Å². The van der Waals surface area contributed by atoms with Gasteiger partial charge in [-0.3, -0.25) is 4.79 Å². The second kappa shape index (κ2) is 5.24. The molecule has 1 aliphatic rings. The molecular formula is C18H20N2O. The number of fused-ring (bicyclic) bond motifs is 1. The van der Waals surface area contributed by atoms with E-state index in [0.717, 1.165) is 18.4 Å². The predicted octanol–water partition coefficient (Wildman–Crippen LogP) is 3.34. The number of rotatable bonds is 2. The number of carbonyl (C=O) groups excluding carboxylic acids is 1. The van der Waals surface area contributed by atoms with Crippen LogP contribution in [0.3, 0.4) is 0 Å². The van der Waals surface area contributed by atoms with Gasteiger partial charge in [-0.25, -0.2) is 0 Å². The molecule has 3 heteroatoms. The number of aryl methyl sites for hydroxylation is 2. The normalized spacial score (nSPS) is 16.6. The second-order valence-electron chi connectivity index (χ2n) is 5.71. The van der Waals surface area contributed by atoms with E-state index in [-0.39, 0.29) is 11.9 Å². The van der Waals surface area contributed by atoms with Gasteiger partial charge in [0.15, 0.2) is 0 Å². The summed E-state index contributed by atoms with van der Waals surface area (Å²) in [6, 6.07) is 14.1. The van der Waals surface area contributed by atoms with E-state index in [1.807, 2.05) is 37.1 Å². The Hall–Kier alpha value is -2.29. The quantitative estimate of drug-likeness (QED) is 0.858. The number of nitrogens with two attached hydrogens (primary N) is 1. The maximum absolute atomic E-state index is 12.8. The minimum Gasteiger partial charge on any atom is -0.398 e. The van der Waals surface area contributed by atoms with Crippen molar-refractivity contribution < 1.29 is 4.79 Å². The summed E-state index contributed by atoms with van der Waals surface area (Å²) in [6.07, 6.45) is 2.01. The zero-order valence-electron chi connectivity index (χ0n) is 12.5. The van der Waals surface area contributed by atoms with Gasteiger partial charge >= 0.3 is 0 Å². The van der Waals surface area contributed by atoms with E-state index in [2.05, 4.69) is 18.2 Å². The molecular weight excluding hydrogens is 260 g/mol. The summed E-state index contributed by atoms with van der Waals surface area (Å²) in [7, 11) is 1.88. The van der Waals surface area contributed by atoms with Crippen LogP contribution in [0.25, 0.3) is 0 Å². The van der Waals surface area contributed by atoms with Gasteiger partial charge in [0.2, 0.25) is 0 Å². The molecule has 0 saturated heterocycles. The lowest BCUT2D eigenvalue weighted by Gasteiger charge is -2.26. The summed E-state index contributed by atoms with van der Waals surface area (Å²) < 4.78 is 0. The molecule has 2 N–H and O–H groups in total. The molecule has 2 aromatic carbocycles. The highest BCUT2D eigenvalue weighted by atomic mass is 16.2. The van der Waals surface area contributed by atoms with Crippen LogP contribution < -0.4 is 5.73 Å². The fraction of sp³-hybridized carbons (Fsp3) is 0.278. The number of amides is 1. The van der Waals surface area contributed by atoms with Crippen LogP contribution >= 0.6 is 0 Å². The Balaban J connectivity index is 1.93. The summed E-state index contributed by atoms with van der Waals surface area (Å²) in [6.45, 7) is 1.93. The number of hydrogen-bond donors (Lipinski definition) is 1. The highest BCUT2D eigenvalue weighted by Crippen LogP contribution is 2.36. The number of nitrogens with zero attached hydrogens (tertiary/aromatic N) is 1. The topological polar surface area (TPSA) is 46.3 Å². The molecule has 0 heterocycles. The van der Waals surface area contributed by atoms with Gasteiger partial charge in [-0.1, -0.05) is 36.4 Å². The molecule has 2 aromatic rings. The number of carbonyl (C=O) groups is 1. The maximum Gasteiger partial charge on any atom is 0.256 e. The highest BCUT2D eigenvalue weighted by Gasteiger charge is 2.29. The van der Waals surface area contributed by atoms with Crippen molar-refractivity contribution in [2.24, 2.45) is 0 Å². The van der Waals surface area contributed by atoms with Crippen molar-refractivity contribution in [3.05, 3.63) is 64.7 Å². The number of anilines is 1. The van der Waals surface area contributed by atoms with E-state index in [1.54, 1.807) is 6.07 Å². The molecule has 3 rings (SSSR count). The Bertz CT molecular complexity index is 673. The van der Waals surface area contributed by atoms with E-state index in [0.29, 0.717) is 11.3 Å². The van der Waals surface area contributed by atoms with E-state index < -0.39 is 0 Å². The van der Waals surface area contributed by atoms with Crippen LogP contribution in [0.5, 0.6) is 0 Å². The van der Waals surface area contributed by atoms with Gasteiger partial charge in [0.05, 0.1) is 11.6 Å². The predicted molar refractivity (Wildman–Crippen MR) is 85.2 cm³/mol. The number of nitrogen functional groups attached to an aromatic ring is 1. The van der Waals surface area contributed by atoms with E-state index in [1.165, 1.54) is 11.1 Å². The van der Waals surface area contributed by atoms with Crippen LogP contribution in [-0.4, -0.2) is 17.9 Å². The minimum absolute atomic E-state index is 0.00676. The second-order valence-corrected chi connectivity index (χ2v) is 5.71. The van der Waals surface area contributed by atoms with Crippen molar-refractivity contribution in [2.45, 2.75) is 25.8 Å². The summed E-state index contributed by atoms with van der Waals surface area (Å²) in [5, 5.41) is 0. The SMILES string of the molecule is Cc1cccc(N)c1C(=O)N(C)C1CCc2ccccc21. The van der Waals surface area contributed by atoms with Gasteiger partial charge in [0.25, 0.3) is 5.91 Å². The van der Waals surface area contributed by atoms with Crippen molar-refractivity contribution in [2.75, 3.05) is 12.8 Å². The Kier molecular flexibility index (Phi) is 3.42. The number of benzene rings is 2. The fourth-order valence-electron chi connectivity index (χ4n) is 3.24. The molecule has 0 fully saturated rings. The van der Waals surface area contributed by atoms with Crippen LogP contribution in [0.4, 0.5) is 5.69 Å². The summed E-state index contributed by atoms with van der Waals surface area (Å²) in [4.78, 5) is 14.7. The Labute approximate surface area is 125 Å². The smallest absolute Gasteiger partial charge is 0.256 e. The molecule has 0 spiro atoms. The monoisotopic (exact) mass is 280 g/mol. The maximum atomic E-state index is 12.8. The van der Waals surface area contributed by atoms with Gasteiger partial charge in [-0.2, -0.15) is 0 Å². The summed E-state index contributed by atoms with van der Waals surface area (Å²) in [5.74, 6) is 0.00676. The first-order chi connectivity index (χ1) is 10.1. The molecule has 1 amide bonds. The third-order valence-electron chi connectivity index (χ3n) is 4.41. The third kappa shape index (κ3) is 2.29. The first kappa shape index (κ1) is 13.7. The van der Waals surface area contributed by atoms with E-state index in [9.17, 15) is 4.79 Å². The van der Waals surface area contributed by atoms with Crippen molar-refractivity contribution in [1.82, 2.24) is 4.90 Å². The number of hydrogen-bond acceptors (Lipinski definition) is 2. The lowest BCUT2D eigenvalue weighted by atomic mass is 10.0. The average Bonchev–Trinajstić information content (AvgIpc) is 2.90. The van der Waals surface area contributed by atoms with Crippen molar-refractivity contribution in [3.63, 3.8) is 0 Å². The van der Waals surface area contributed by atoms with Crippen LogP contribution in [0.15, 0.2) is 42.5 Å². The lowest BCUT2D eigenvalue weighted by molar-refractivity contribution is 0.0731. The molecule has 0 radical (unpaired) electrons. The van der Waals surface area contributed by atoms with Crippen molar-refractivity contribution in [1.29, 1.82) is 0 Å². The van der Waals surface area contributed by atoms with Crippen molar-refractivity contribution in [3.8, 4) is 0 Å². The first-order valence-corrected chi connectivity index (χ1v) is 7.29. The molecule has 1 aliphatic carbocycles. The Morgan fingerprint density at radius 1 is 1.19 bits per heavy atom. The minimum atomic E-state index is 0.00676. The lowest BCUT2D eigenvalue weighted by Crippen LogP contribution is -2.31. The van der Waals surface area contributed by atoms with Crippen LogP contribution in [0.1, 0.15) is 39.5 Å². The highest BCUT2D eigenvalue weighted by molar-refractivity contribution is 6.00. The fourth-order valence-corrected chi connectivity index (χ4v) is 3.24. The third-order valence-corrected chi connectivity index (χ3v) is 4.41. The molecule has 1 unspecified atom stereocenters. The van der Waals surface area contributed by atoms with E-state index in [4.69, 9.17) is 5.73 Å². The summed E-state index contributed by atoms with van der Waals surface area (Å²) >= 11 is 0. The zero-order valence-corrected chi connectivity index (χ0v) is 12.5. The van der Waals surface area contributed by atoms with Gasteiger partial charge in [-0.15, -0.1) is 0 Å². The molecule has 3 nitrogen and oxygen atoms in total. The first-order valence-electron chi connectivity index (χ1n) is 7.29. The van der Waals surface area contributed by atoms with Gasteiger partial charge in [-0.05, 0) is 42.5 Å². The van der Waals surface area contributed by atoms with Gasteiger partial charge in [0, 0.05) is 12.7 Å². The molecule has 108 valence electrons. The molecule has 0 bridgehead atoms. The molecule has 21 heavy (non-hydrogen) atoms. The van der Waals surface area contributed by atoms with Gasteiger partial charge in [0.1, 0.15) is 0 Å². The molecule has 0 aromatic heterocycles. The Morgan fingerprint density at radius 3 is 2.71 bits per heavy atom. The standard InChI is InChI=1S/C18H20N2O/c1-12-6-5-9-15(19)17(12)18(21)20(2)16-11-10-13-7-3-4-8-14(13)16/h3-9,16H,10-11,19H2,1-2H3. The Morgan fingerprint density at radius 2 is 1.95 bits per heavy atom. The zero-order chi connectivity index (χ0) is 15.0. The van der Waals surface area contributed by atoms with Crippen molar-refractivity contribution >= 4 is 11.6 Å². The summed E-state index contributed by atoms with van der Waals surface area (Å²) in [5.41, 5.74) is 10.7. The largest absolute Gasteiger partial charge is 0.398 e. The average molecular weight is 280 g/mol.